The smallest absolute Gasteiger partial charge is 0.226 e. The molecule has 1 aromatic carbocycles. The lowest BCUT2D eigenvalue weighted by Crippen LogP contribution is -2.20. The molecule has 0 spiro atoms. The summed E-state index contributed by atoms with van der Waals surface area (Å²) in [5.74, 6) is 0.773. The third-order valence-electron chi connectivity index (χ3n) is 3.75. The molecule has 2 aromatic heterocycles. The minimum Gasteiger partial charge on any atom is -0.323 e. The van der Waals surface area contributed by atoms with Crippen LogP contribution in [0.3, 0.4) is 0 Å². The van der Waals surface area contributed by atoms with Gasteiger partial charge in [-0.25, -0.2) is 4.68 Å². The molecule has 6 heteroatoms. The minimum absolute atomic E-state index is 0.0517. The van der Waals surface area contributed by atoms with E-state index in [1.165, 1.54) is 16.0 Å². The first kappa shape index (κ1) is 13.7. The molecule has 1 aliphatic rings. The number of fused-ring (bicyclic) bond motifs is 1. The first-order valence-electron chi connectivity index (χ1n) is 6.92. The molecule has 1 aliphatic heterocycles. The van der Waals surface area contributed by atoms with Crippen molar-refractivity contribution in [3.05, 3.63) is 68.6 Å². The Kier molecular flexibility index (Phi) is 3.35. The van der Waals surface area contributed by atoms with Crippen LogP contribution in [-0.4, -0.2) is 14.8 Å². The fourth-order valence-electron chi connectivity index (χ4n) is 2.68. The monoisotopic (exact) mass is 372 g/mol. The van der Waals surface area contributed by atoms with Crippen molar-refractivity contribution < 1.29 is 0 Å². The molecule has 3 aromatic rings. The van der Waals surface area contributed by atoms with Gasteiger partial charge in [0.25, 0.3) is 0 Å². The number of nitrogens with one attached hydrogen (secondary N) is 1. The molecule has 0 saturated carbocycles. The second-order valence-corrected chi connectivity index (χ2v) is 7.60. The Bertz CT molecular complexity index is 864. The van der Waals surface area contributed by atoms with E-state index in [9.17, 15) is 0 Å². The Hall–Kier alpha value is -1.92. The molecule has 1 atom stereocenters. The Balaban J connectivity index is 1.85. The lowest BCUT2D eigenvalue weighted by molar-refractivity contribution is 0.609. The molecule has 0 saturated heterocycles. The maximum atomic E-state index is 4.38. The Morgan fingerprint density at radius 2 is 2.09 bits per heavy atom. The first-order chi connectivity index (χ1) is 10.7. The number of aryl methyl sites for hydroxylation is 1. The SMILES string of the molecule is Cc1ccccc1C1C=C(c2ccc(Br)s2)Nc2ncnn21. The van der Waals surface area contributed by atoms with Gasteiger partial charge in [-0.2, -0.15) is 10.1 Å². The molecule has 0 bridgehead atoms. The highest BCUT2D eigenvalue weighted by Gasteiger charge is 2.24. The van der Waals surface area contributed by atoms with Crippen molar-refractivity contribution in [3.8, 4) is 0 Å². The topological polar surface area (TPSA) is 42.7 Å². The number of allylic oxidation sites excluding steroid dienone is 1. The largest absolute Gasteiger partial charge is 0.323 e. The number of thiophene rings is 1. The van der Waals surface area contributed by atoms with Crippen LogP contribution in [0, 0.1) is 6.92 Å². The van der Waals surface area contributed by atoms with Crippen LogP contribution in [-0.2, 0) is 0 Å². The van der Waals surface area contributed by atoms with E-state index < -0.39 is 0 Å². The standard InChI is InChI=1S/C16H13BrN4S/c1-10-4-2-3-5-11(10)13-8-12(14-6-7-15(17)22-14)20-16-18-9-19-21(13)16/h2-9,13H,1H3,(H,18,19,20). The summed E-state index contributed by atoms with van der Waals surface area (Å²) in [6.07, 6.45) is 3.80. The second-order valence-electron chi connectivity index (χ2n) is 5.14. The van der Waals surface area contributed by atoms with E-state index >= 15 is 0 Å². The lowest BCUT2D eigenvalue weighted by Gasteiger charge is -2.24. The number of hydrogen-bond acceptors (Lipinski definition) is 4. The number of aromatic nitrogens is 3. The molecule has 0 radical (unpaired) electrons. The summed E-state index contributed by atoms with van der Waals surface area (Å²) in [6.45, 7) is 2.13. The molecule has 4 rings (SSSR count). The van der Waals surface area contributed by atoms with Gasteiger partial charge < -0.3 is 5.32 Å². The predicted molar refractivity (Wildman–Crippen MR) is 93.0 cm³/mol. The fraction of sp³-hybridized carbons (Fsp3) is 0.125. The number of halogens is 1. The van der Waals surface area contributed by atoms with Gasteiger partial charge >= 0.3 is 0 Å². The minimum atomic E-state index is 0.0517. The Labute approximate surface area is 140 Å². The van der Waals surface area contributed by atoms with Gasteiger partial charge in [0.2, 0.25) is 5.95 Å². The predicted octanol–water partition coefficient (Wildman–Crippen LogP) is 4.47. The zero-order valence-corrected chi connectivity index (χ0v) is 14.2. The average molecular weight is 373 g/mol. The molecule has 0 fully saturated rings. The summed E-state index contributed by atoms with van der Waals surface area (Å²) in [4.78, 5) is 5.52. The summed E-state index contributed by atoms with van der Waals surface area (Å²) in [6, 6.07) is 12.6. The molecule has 4 nitrogen and oxygen atoms in total. The van der Waals surface area contributed by atoms with Crippen molar-refractivity contribution in [2.45, 2.75) is 13.0 Å². The molecule has 110 valence electrons. The highest BCUT2D eigenvalue weighted by atomic mass is 79.9. The van der Waals surface area contributed by atoms with Crippen molar-refractivity contribution in [2.24, 2.45) is 0 Å². The van der Waals surface area contributed by atoms with Crippen LogP contribution in [0.5, 0.6) is 0 Å². The van der Waals surface area contributed by atoms with Crippen LogP contribution in [0.2, 0.25) is 0 Å². The molecular weight excluding hydrogens is 360 g/mol. The highest BCUT2D eigenvalue weighted by Crippen LogP contribution is 2.36. The number of anilines is 1. The summed E-state index contributed by atoms with van der Waals surface area (Å²) in [7, 11) is 0. The maximum Gasteiger partial charge on any atom is 0.226 e. The van der Waals surface area contributed by atoms with Gasteiger partial charge in [0.05, 0.1) is 14.4 Å². The van der Waals surface area contributed by atoms with E-state index in [4.69, 9.17) is 0 Å². The van der Waals surface area contributed by atoms with Crippen LogP contribution >= 0.6 is 27.3 Å². The van der Waals surface area contributed by atoms with Crippen molar-refractivity contribution >= 4 is 38.9 Å². The maximum absolute atomic E-state index is 4.38. The second kappa shape index (κ2) is 5.37. The van der Waals surface area contributed by atoms with Crippen LogP contribution in [0.25, 0.3) is 5.70 Å². The molecule has 0 aliphatic carbocycles. The van der Waals surface area contributed by atoms with Gasteiger partial charge in [-0.1, -0.05) is 24.3 Å². The third-order valence-corrected chi connectivity index (χ3v) is 5.41. The molecule has 22 heavy (non-hydrogen) atoms. The Morgan fingerprint density at radius 3 is 2.86 bits per heavy atom. The van der Waals surface area contributed by atoms with Gasteiger partial charge in [0, 0.05) is 0 Å². The van der Waals surface area contributed by atoms with Crippen molar-refractivity contribution in [1.82, 2.24) is 14.8 Å². The van der Waals surface area contributed by atoms with Crippen molar-refractivity contribution in [2.75, 3.05) is 5.32 Å². The molecule has 1 N–H and O–H groups in total. The fourth-order valence-corrected chi connectivity index (χ4v) is 4.04. The van der Waals surface area contributed by atoms with E-state index in [1.54, 1.807) is 17.7 Å². The van der Waals surface area contributed by atoms with Crippen LogP contribution in [0.1, 0.15) is 22.0 Å². The van der Waals surface area contributed by atoms with Gasteiger partial charge in [0.15, 0.2) is 0 Å². The van der Waals surface area contributed by atoms with Gasteiger partial charge in [-0.15, -0.1) is 11.3 Å². The van der Waals surface area contributed by atoms with E-state index in [0.717, 1.165) is 15.4 Å². The average Bonchev–Trinajstić information content (AvgIpc) is 3.15. The quantitative estimate of drug-likeness (QED) is 0.721. The summed E-state index contributed by atoms with van der Waals surface area (Å²) < 4.78 is 3.04. The number of nitrogens with zero attached hydrogens (tertiary/aromatic N) is 3. The molecular formula is C16H13BrN4S. The first-order valence-corrected chi connectivity index (χ1v) is 8.53. The zero-order chi connectivity index (χ0) is 15.1. The Morgan fingerprint density at radius 1 is 1.23 bits per heavy atom. The van der Waals surface area contributed by atoms with E-state index in [1.807, 2.05) is 4.68 Å². The van der Waals surface area contributed by atoms with Gasteiger partial charge in [-0.05, 0) is 52.2 Å². The summed E-state index contributed by atoms with van der Waals surface area (Å²) >= 11 is 5.23. The van der Waals surface area contributed by atoms with Crippen LogP contribution in [0.4, 0.5) is 5.95 Å². The van der Waals surface area contributed by atoms with Crippen LogP contribution in [0.15, 0.2) is 52.6 Å². The summed E-state index contributed by atoms with van der Waals surface area (Å²) in [5.41, 5.74) is 3.56. The van der Waals surface area contributed by atoms with E-state index in [-0.39, 0.29) is 6.04 Å². The molecule has 3 heterocycles. The highest BCUT2D eigenvalue weighted by molar-refractivity contribution is 9.11. The van der Waals surface area contributed by atoms with Crippen molar-refractivity contribution in [3.63, 3.8) is 0 Å². The van der Waals surface area contributed by atoms with E-state index in [0.29, 0.717) is 0 Å². The summed E-state index contributed by atoms with van der Waals surface area (Å²) in [5, 5.41) is 7.75. The lowest BCUT2D eigenvalue weighted by atomic mass is 9.99. The van der Waals surface area contributed by atoms with Crippen LogP contribution < -0.4 is 5.32 Å². The number of hydrogen-bond donors (Lipinski definition) is 1. The normalized spacial score (nSPS) is 16.8. The van der Waals surface area contributed by atoms with Gasteiger partial charge in [0.1, 0.15) is 12.4 Å². The van der Waals surface area contributed by atoms with Gasteiger partial charge in [-0.3, -0.25) is 0 Å². The molecule has 1 unspecified atom stereocenters. The third kappa shape index (κ3) is 2.28. The zero-order valence-electron chi connectivity index (χ0n) is 11.8. The van der Waals surface area contributed by atoms with Crippen molar-refractivity contribution in [1.29, 1.82) is 0 Å². The molecule has 0 amide bonds. The number of rotatable bonds is 2. The number of benzene rings is 1. The van der Waals surface area contributed by atoms with E-state index in [2.05, 4.69) is 80.7 Å².